The van der Waals surface area contributed by atoms with Crippen LogP contribution >= 0.6 is 0 Å². The molecule has 5 rings (SSSR count). The summed E-state index contributed by atoms with van der Waals surface area (Å²) in [6, 6.07) is 15.3. The zero-order valence-corrected chi connectivity index (χ0v) is 22.5. The van der Waals surface area contributed by atoms with E-state index in [2.05, 4.69) is 27.1 Å². The number of aryl methyl sites for hydroxylation is 1. The Hall–Kier alpha value is -3.89. The largest absolute Gasteiger partial charge is 0.484 e. The van der Waals surface area contributed by atoms with Crippen molar-refractivity contribution in [3.05, 3.63) is 77.6 Å². The van der Waals surface area contributed by atoms with E-state index in [1.807, 2.05) is 36.1 Å². The number of nitrogens with one attached hydrogen (secondary N) is 2. The first-order valence-corrected chi connectivity index (χ1v) is 13.3. The first kappa shape index (κ1) is 27.7. The van der Waals surface area contributed by atoms with Crippen LogP contribution in [0, 0.1) is 6.92 Å². The number of rotatable bonds is 8. The summed E-state index contributed by atoms with van der Waals surface area (Å²) >= 11 is 0. The second kappa shape index (κ2) is 11.7. The zero-order chi connectivity index (χ0) is 28.3. The van der Waals surface area contributed by atoms with Gasteiger partial charge in [-0.3, -0.25) is 9.69 Å². The average Bonchev–Trinajstić information content (AvgIpc) is 3.32. The molecular formula is C30H32F3N5O2. The Labute approximate surface area is 231 Å². The number of aromatic nitrogens is 2. The van der Waals surface area contributed by atoms with E-state index in [0.717, 1.165) is 66.6 Å². The van der Waals surface area contributed by atoms with Gasteiger partial charge in [-0.05, 0) is 61.0 Å². The van der Waals surface area contributed by atoms with E-state index in [1.54, 1.807) is 18.3 Å². The van der Waals surface area contributed by atoms with Crippen molar-refractivity contribution in [2.45, 2.75) is 26.6 Å². The van der Waals surface area contributed by atoms with Crippen LogP contribution in [0.3, 0.4) is 0 Å². The van der Waals surface area contributed by atoms with E-state index >= 15 is 0 Å². The maximum Gasteiger partial charge on any atom is 0.416 e. The van der Waals surface area contributed by atoms with Crippen molar-refractivity contribution in [2.24, 2.45) is 0 Å². The van der Waals surface area contributed by atoms with Crippen LogP contribution in [0.4, 0.5) is 18.9 Å². The van der Waals surface area contributed by atoms with Crippen molar-refractivity contribution in [1.29, 1.82) is 0 Å². The molecule has 1 saturated heterocycles. The van der Waals surface area contributed by atoms with Gasteiger partial charge in [0.1, 0.15) is 11.4 Å². The van der Waals surface area contributed by atoms with Crippen molar-refractivity contribution in [2.75, 3.05) is 44.6 Å². The number of carbonyl (C=O) groups is 1. The fourth-order valence-electron chi connectivity index (χ4n) is 4.96. The van der Waals surface area contributed by atoms with Crippen molar-refractivity contribution in [3.63, 3.8) is 0 Å². The molecule has 4 aromatic rings. The first-order chi connectivity index (χ1) is 19.2. The molecule has 1 amide bonds. The topological polar surface area (TPSA) is 73.5 Å². The van der Waals surface area contributed by atoms with E-state index in [-0.39, 0.29) is 24.4 Å². The lowest BCUT2D eigenvalue weighted by Crippen LogP contribution is -2.45. The van der Waals surface area contributed by atoms with Gasteiger partial charge in [0, 0.05) is 61.3 Å². The molecule has 0 spiro atoms. The van der Waals surface area contributed by atoms with Gasteiger partial charge in [-0.2, -0.15) is 13.2 Å². The number of aromatic amines is 1. The Kier molecular flexibility index (Phi) is 8.09. The number of anilines is 1. The molecular weight excluding hydrogens is 519 g/mol. The smallest absolute Gasteiger partial charge is 0.416 e. The zero-order valence-electron chi connectivity index (χ0n) is 22.5. The quantitative estimate of drug-likeness (QED) is 0.294. The molecule has 2 N–H and O–H groups in total. The van der Waals surface area contributed by atoms with Crippen molar-refractivity contribution < 1.29 is 22.7 Å². The lowest BCUT2D eigenvalue weighted by Gasteiger charge is -2.34. The lowest BCUT2D eigenvalue weighted by atomic mass is 10.0. The normalized spacial score (nSPS) is 14.9. The number of piperazine rings is 1. The number of pyridine rings is 1. The Morgan fingerprint density at radius 3 is 2.42 bits per heavy atom. The predicted octanol–water partition coefficient (Wildman–Crippen LogP) is 5.71. The minimum Gasteiger partial charge on any atom is -0.484 e. The van der Waals surface area contributed by atoms with E-state index in [4.69, 9.17) is 4.74 Å². The Morgan fingerprint density at radius 1 is 1.00 bits per heavy atom. The summed E-state index contributed by atoms with van der Waals surface area (Å²) in [5.41, 5.74) is 3.30. The highest BCUT2D eigenvalue weighted by molar-refractivity contribution is 5.92. The molecule has 0 atom stereocenters. The van der Waals surface area contributed by atoms with Crippen LogP contribution in [-0.4, -0.2) is 65.0 Å². The number of carbonyl (C=O) groups excluding carboxylic acids is 1. The number of hydrogen-bond donors (Lipinski definition) is 2. The minimum absolute atomic E-state index is 0.0821. The molecule has 1 fully saturated rings. The summed E-state index contributed by atoms with van der Waals surface area (Å²) in [7, 11) is 0. The number of alkyl halides is 3. The third-order valence-corrected chi connectivity index (χ3v) is 7.17. The van der Waals surface area contributed by atoms with Gasteiger partial charge in [0.2, 0.25) is 0 Å². The molecule has 7 nitrogen and oxygen atoms in total. The van der Waals surface area contributed by atoms with Crippen LogP contribution in [-0.2, 0) is 17.5 Å². The maximum absolute atomic E-state index is 13.9. The van der Waals surface area contributed by atoms with Crippen LogP contribution < -0.4 is 10.1 Å². The van der Waals surface area contributed by atoms with Crippen LogP contribution in [0.15, 0.2) is 60.8 Å². The number of likely N-dealkylation sites (N-methyl/N-ethyl adjacent to an activating group) is 1. The van der Waals surface area contributed by atoms with Gasteiger partial charge in [0.05, 0.1) is 5.56 Å². The van der Waals surface area contributed by atoms with Gasteiger partial charge in [0.15, 0.2) is 6.61 Å². The molecule has 0 aliphatic carbocycles. The monoisotopic (exact) mass is 551 g/mol. The summed E-state index contributed by atoms with van der Waals surface area (Å²) in [6.07, 6.45) is -2.74. The van der Waals surface area contributed by atoms with Crippen LogP contribution in [0.25, 0.3) is 22.2 Å². The van der Waals surface area contributed by atoms with Crippen molar-refractivity contribution in [3.8, 4) is 16.9 Å². The molecule has 0 saturated carbocycles. The molecule has 1 aliphatic heterocycles. The lowest BCUT2D eigenvalue weighted by molar-refractivity contribution is -0.138. The highest BCUT2D eigenvalue weighted by atomic mass is 19.4. The van der Waals surface area contributed by atoms with Gasteiger partial charge >= 0.3 is 6.18 Å². The summed E-state index contributed by atoms with van der Waals surface area (Å²) in [6.45, 7) is 8.01. The molecule has 0 unspecified atom stereocenters. The number of amides is 1. The number of ether oxygens (including phenoxy) is 1. The molecule has 10 heteroatoms. The standard InChI is InChI=1S/C30H32F3N5O2/c1-3-37-10-12-38(13-11-37)18-22-4-7-25(16-27(22)30(31,32)33)36-28(39)19-40-26-8-5-21(6-9-26)24-15-23-14-20(2)35-29(23)34-17-24/h4-9,14-17H,3,10-13,18-19H2,1-2H3,(H,34,35)(H,36,39). The first-order valence-electron chi connectivity index (χ1n) is 13.3. The van der Waals surface area contributed by atoms with Crippen LogP contribution in [0.5, 0.6) is 5.75 Å². The third kappa shape index (κ3) is 6.63. The molecule has 0 bridgehead atoms. The van der Waals surface area contributed by atoms with Crippen LogP contribution in [0.2, 0.25) is 0 Å². The highest BCUT2D eigenvalue weighted by Crippen LogP contribution is 2.34. The molecule has 1 aliphatic rings. The molecule has 0 radical (unpaired) electrons. The van der Waals surface area contributed by atoms with E-state index in [9.17, 15) is 18.0 Å². The number of H-pyrrole nitrogens is 1. The number of nitrogens with zero attached hydrogens (tertiary/aromatic N) is 3. The van der Waals surface area contributed by atoms with Crippen molar-refractivity contribution in [1.82, 2.24) is 19.8 Å². The fourth-order valence-corrected chi connectivity index (χ4v) is 4.96. The summed E-state index contributed by atoms with van der Waals surface area (Å²) in [5.74, 6) is -0.0713. The fraction of sp³-hybridized carbons (Fsp3) is 0.333. The number of benzene rings is 2. The van der Waals surface area contributed by atoms with Gasteiger partial charge in [-0.1, -0.05) is 25.1 Å². The maximum atomic E-state index is 13.9. The number of fused-ring (bicyclic) bond motifs is 1. The van der Waals surface area contributed by atoms with E-state index in [0.29, 0.717) is 5.75 Å². The molecule has 210 valence electrons. The summed E-state index contributed by atoms with van der Waals surface area (Å²) in [4.78, 5) is 24.4. The summed E-state index contributed by atoms with van der Waals surface area (Å²) in [5, 5.41) is 3.55. The van der Waals surface area contributed by atoms with Crippen LogP contribution in [0.1, 0.15) is 23.7 Å². The molecule has 2 aromatic heterocycles. The Balaban J connectivity index is 1.18. The molecule has 2 aromatic carbocycles. The SMILES string of the molecule is CCN1CCN(Cc2ccc(NC(=O)COc3ccc(-c4cnc5[nH]c(C)cc5c4)cc3)cc2C(F)(F)F)CC1. The van der Waals surface area contributed by atoms with Gasteiger partial charge in [0.25, 0.3) is 5.91 Å². The van der Waals surface area contributed by atoms with E-state index < -0.39 is 17.6 Å². The average molecular weight is 552 g/mol. The Bertz CT molecular complexity index is 1480. The van der Waals surface area contributed by atoms with Gasteiger partial charge < -0.3 is 19.9 Å². The second-order valence-corrected chi connectivity index (χ2v) is 10.1. The number of halogens is 3. The van der Waals surface area contributed by atoms with Gasteiger partial charge in [-0.25, -0.2) is 4.98 Å². The minimum atomic E-state index is -4.53. The highest BCUT2D eigenvalue weighted by Gasteiger charge is 2.34. The van der Waals surface area contributed by atoms with E-state index in [1.165, 1.54) is 12.1 Å². The summed E-state index contributed by atoms with van der Waals surface area (Å²) < 4.78 is 47.2. The molecule has 40 heavy (non-hydrogen) atoms. The van der Waals surface area contributed by atoms with Gasteiger partial charge in [-0.15, -0.1) is 0 Å². The predicted molar refractivity (Wildman–Crippen MR) is 149 cm³/mol. The third-order valence-electron chi connectivity index (χ3n) is 7.17. The molecule has 3 heterocycles. The van der Waals surface area contributed by atoms with Crippen molar-refractivity contribution >= 4 is 22.6 Å². The second-order valence-electron chi connectivity index (χ2n) is 10.1. The Morgan fingerprint density at radius 2 is 1.73 bits per heavy atom. The number of hydrogen-bond acceptors (Lipinski definition) is 5.